The zero-order valence-corrected chi connectivity index (χ0v) is 12.3. The lowest BCUT2D eigenvalue weighted by atomic mass is 9.93. The lowest BCUT2D eigenvalue weighted by molar-refractivity contribution is -0.121. The van der Waals surface area contributed by atoms with Crippen molar-refractivity contribution in [1.82, 2.24) is 9.97 Å². The summed E-state index contributed by atoms with van der Waals surface area (Å²) in [7, 11) is 0. The third-order valence-electron chi connectivity index (χ3n) is 3.81. The Morgan fingerprint density at radius 3 is 2.47 bits per heavy atom. The van der Waals surface area contributed by atoms with Crippen LogP contribution in [0, 0.1) is 12.8 Å². The summed E-state index contributed by atoms with van der Waals surface area (Å²) < 4.78 is 0. The average Bonchev–Trinajstić information content (AvgIpc) is 2.38. The zero-order valence-electron chi connectivity index (χ0n) is 12.3. The van der Waals surface area contributed by atoms with Gasteiger partial charge in [-0.1, -0.05) is 13.8 Å². The molecule has 0 aliphatic carbocycles. The molecular weight excluding hydrogens is 238 g/mol. The number of hydrogen-bond donors (Lipinski definition) is 0. The first kappa shape index (κ1) is 14.0. The van der Waals surface area contributed by atoms with Crippen LogP contribution in [0.5, 0.6) is 0 Å². The van der Waals surface area contributed by atoms with Crippen molar-refractivity contribution in [2.75, 3.05) is 18.0 Å². The third kappa shape index (κ3) is 3.31. The number of nitrogens with zero attached hydrogens (tertiary/aromatic N) is 3. The number of hydrogen-bond acceptors (Lipinski definition) is 4. The van der Waals surface area contributed by atoms with Gasteiger partial charge in [-0.2, -0.15) is 0 Å². The molecule has 0 atom stereocenters. The second-order valence-corrected chi connectivity index (χ2v) is 5.76. The second kappa shape index (κ2) is 5.68. The number of carbonyl (C=O) groups excluding carboxylic acids is 1. The summed E-state index contributed by atoms with van der Waals surface area (Å²) in [4.78, 5) is 22.8. The Kier molecular flexibility index (Phi) is 4.17. The van der Waals surface area contributed by atoms with Crippen LogP contribution < -0.4 is 4.90 Å². The highest BCUT2D eigenvalue weighted by Gasteiger charge is 2.24. The topological polar surface area (TPSA) is 46.1 Å². The number of ketones is 1. The SMILES string of the molecule is CC(=O)C1CCN(c2nc(C)cc(C(C)C)n2)CC1. The van der Waals surface area contributed by atoms with Gasteiger partial charge in [-0.25, -0.2) is 9.97 Å². The molecule has 1 fully saturated rings. The maximum Gasteiger partial charge on any atom is 0.225 e. The molecule has 1 aliphatic heterocycles. The highest BCUT2D eigenvalue weighted by Crippen LogP contribution is 2.23. The Morgan fingerprint density at radius 1 is 1.32 bits per heavy atom. The highest BCUT2D eigenvalue weighted by atomic mass is 16.1. The average molecular weight is 261 g/mol. The molecule has 1 saturated heterocycles. The van der Waals surface area contributed by atoms with Gasteiger partial charge in [-0.15, -0.1) is 0 Å². The number of Topliss-reactive ketones (excluding diaryl/α,β-unsaturated/α-hetero) is 1. The molecule has 0 amide bonds. The molecule has 0 saturated carbocycles. The van der Waals surface area contributed by atoms with E-state index in [1.54, 1.807) is 6.92 Å². The van der Waals surface area contributed by atoms with Crippen LogP contribution in [0.2, 0.25) is 0 Å². The van der Waals surface area contributed by atoms with Gasteiger partial charge in [0, 0.05) is 30.4 Å². The molecule has 2 heterocycles. The van der Waals surface area contributed by atoms with Crippen LogP contribution in [0.25, 0.3) is 0 Å². The molecular formula is C15H23N3O. The van der Waals surface area contributed by atoms with E-state index < -0.39 is 0 Å². The molecule has 4 heteroatoms. The van der Waals surface area contributed by atoms with E-state index in [1.807, 2.05) is 6.92 Å². The maximum atomic E-state index is 11.4. The highest BCUT2D eigenvalue weighted by molar-refractivity contribution is 5.78. The summed E-state index contributed by atoms with van der Waals surface area (Å²) in [6.45, 7) is 9.76. The summed E-state index contributed by atoms with van der Waals surface area (Å²) in [5, 5.41) is 0. The standard InChI is InChI=1S/C15H23N3O/c1-10(2)14-9-11(3)16-15(17-14)18-7-5-13(6-8-18)12(4)19/h9-10,13H,5-8H2,1-4H3. The Bertz CT molecular complexity index is 462. The summed E-state index contributed by atoms with van der Waals surface area (Å²) in [5.41, 5.74) is 2.11. The van der Waals surface area contributed by atoms with Gasteiger partial charge < -0.3 is 4.90 Å². The number of aryl methyl sites for hydroxylation is 1. The smallest absolute Gasteiger partial charge is 0.225 e. The minimum atomic E-state index is 0.227. The fourth-order valence-corrected chi connectivity index (χ4v) is 2.50. The van der Waals surface area contributed by atoms with Crippen molar-refractivity contribution < 1.29 is 4.79 Å². The van der Waals surface area contributed by atoms with Crippen LogP contribution in [0.1, 0.15) is 50.9 Å². The van der Waals surface area contributed by atoms with Gasteiger partial charge in [0.1, 0.15) is 5.78 Å². The minimum absolute atomic E-state index is 0.227. The largest absolute Gasteiger partial charge is 0.341 e. The lowest BCUT2D eigenvalue weighted by Gasteiger charge is -2.31. The van der Waals surface area contributed by atoms with E-state index in [9.17, 15) is 4.79 Å². The Hall–Kier alpha value is -1.45. The van der Waals surface area contributed by atoms with Gasteiger partial charge >= 0.3 is 0 Å². The van der Waals surface area contributed by atoms with Crippen LogP contribution in [0.4, 0.5) is 5.95 Å². The first-order valence-corrected chi connectivity index (χ1v) is 7.08. The van der Waals surface area contributed by atoms with E-state index in [1.165, 1.54) is 0 Å². The zero-order chi connectivity index (χ0) is 14.0. The van der Waals surface area contributed by atoms with Crippen molar-refractivity contribution in [2.24, 2.45) is 5.92 Å². The molecule has 2 rings (SSSR count). The fraction of sp³-hybridized carbons (Fsp3) is 0.667. The van der Waals surface area contributed by atoms with Crippen molar-refractivity contribution >= 4 is 11.7 Å². The molecule has 0 radical (unpaired) electrons. The first-order valence-electron chi connectivity index (χ1n) is 7.08. The van der Waals surface area contributed by atoms with Crippen molar-refractivity contribution in [3.05, 3.63) is 17.5 Å². The normalized spacial score (nSPS) is 17.0. The molecule has 19 heavy (non-hydrogen) atoms. The Labute approximate surface area is 115 Å². The van der Waals surface area contributed by atoms with E-state index in [0.717, 1.165) is 43.3 Å². The fourth-order valence-electron chi connectivity index (χ4n) is 2.50. The maximum absolute atomic E-state index is 11.4. The van der Waals surface area contributed by atoms with Crippen LogP contribution in [-0.4, -0.2) is 28.8 Å². The van der Waals surface area contributed by atoms with Gasteiger partial charge in [0.05, 0.1) is 0 Å². The Morgan fingerprint density at radius 2 is 1.95 bits per heavy atom. The number of aromatic nitrogens is 2. The third-order valence-corrected chi connectivity index (χ3v) is 3.81. The van der Waals surface area contributed by atoms with Crippen LogP contribution in [-0.2, 0) is 4.79 Å². The van der Waals surface area contributed by atoms with Crippen molar-refractivity contribution in [3.63, 3.8) is 0 Å². The summed E-state index contributed by atoms with van der Waals surface area (Å²) in [6, 6.07) is 2.05. The Balaban J connectivity index is 2.13. The van der Waals surface area contributed by atoms with Crippen molar-refractivity contribution in [3.8, 4) is 0 Å². The van der Waals surface area contributed by atoms with E-state index >= 15 is 0 Å². The second-order valence-electron chi connectivity index (χ2n) is 5.76. The molecule has 1 aromatic rings. The van der Waals surface area contributed by atoms with Gasteiger partial charge in [0.15, 0.2) is 0 Å². The minimum Gasteiger partial charge on any atom is -0.341 e. The molecule has 1 aliphatic rings. The summed E-state index contributed by atoms with van der Waals surface area (Å²) in [5.74, 6) is 1.78. The van der Waals surface area contributed by atoms with E-state index in [4.69, 9.17) is 0 Å². The quantitative estimate of drug-likeness (QED) is 0.839. The van der Waals surface area contributed by atoms with Crippen LogP contribution in [0.15, 0.2) is 6.07 Å². The predicted molar refractivity (Wildman–Crippen MR) is 76.5 cm³/mol. The van der Waals surface area contributed by atoms with E-state index in [2.05, 4.69) is 34.8 Å². The van der Waals surface area contributed by atoms with Gasteiger partial charge in [-0.05, 0) is 38.7 Å². The number of carbonyl (C=O) groups is 1. The molecule has 0 spiro atoms. The molecule has 0 aromatic carbocycles. The summed E-state index contributed by atoms with van der Waals surface area (Å²) >= 11 is 0. The molecule has 0 unspecified atom stereocenters. The molecule has 0 N–H and O–H groups in total. The van der Waals surface area contributed by atoms with E-state index in [0.29, 0.717) is 11.7 Å². The predicted octanol–water partition coefficient (Wildman–Crippen LogP) is 2.71. The van der Waals surface area contributed by atoms with E-state index in [-0.39, 0.29) is 5.92 Å². The van der Waals surface area contributed by atoms with Crippen LogP contribution in [0.3, 0.4) is 0 Å². The van der Waals surface area contributed by atoms with Crippen molar-refractivity contribution in [2.45, 2.75) is 46.5 Å². The monoisotopic (exact) mass is 261 g/mol. The summed E-state index contributed by atoms with van der Waals surface area (Å²) in [6.07, 6.45) is 1.84. The molecule has 0 bridgehead atoms. The molecule has 4 nitrogen and oxygen atoms in total. The van der Waals surface area contributed by atoms with Crippen molar-refractivity contribution in [1.29, 1.82) is 0 Å². The molecule has 104 valence electrons. The first-order chi connectivity index (χ1) is 8.97. The van der Waals surface area contributed by atoms with Gasteiger partial charge in [0.2, 0.25) is 5.95 Å². The van der Waals surface area contributed by atoms with Crippen LogP contribution >= 0.6 is 0 Å². The van der Waals surface area contributed by atoms with Gasteiger partial charge in [0.25, 0.3) is 0 Å². The van der Waals surface area contributed by atoms with Gasteiger partial charge in [-0.3, -0.25) is 4.79 Å². The number of piperidine rings is 1. The number of rotatable bonds is 3. The lowest BCUT2D eigenvalue weighted by Crippen LogP contribution is -2.37. The molecule has 1 aromatic heterocycles. The number of anilines is 1.